The third-order valence-corrected chi connectivity index (χ3v) is 4.53. The van der Waals surface area contributed by atoms with Crippen LogP contribution in [0.5, 0.6) is 5.75 Å². The Hall–Kier alpha value is -2.41. The van der Waals surface area contributed by atoms with E-state index in [0.29, 0.717) is 16.6 Å². The summed E-state index contributed by atoms with van der Waals surface area (Å²) in [7, 11) is 1.60. The molecule has 1 amide bonds. The number of hydrogen-bond acceptors (Lipinski definition) is 6. The first-order valence-corrected chi connectivity index (χ1v) is 8.06. The second-order valence-corrected chi connectivity index (χ2v) is 6.46. The van der Waals surface area contributed by atoms with Gasteiger partial charge in [0.25, 0.3) is 0 Å². The van der Waals surface area contributed by atoms with Crippen LogP contribution in [-0.4, -0.2) is 23.2 Å². The number of rotatable bonds is 5. The molecule has 0 fully saturated rings. The van der Waals surface area contributed by atoms with Crippen molar-refractivity contribution in [2.24, 2.45) is 0 Å². The summed E-state index contributed by atoms with van der Waals surface area (Å²) in [5.74, 6) is 0.874. The lowest BCUT2D eigenvalue weighted by atomic mass is 10.1. The van der Waals surface area contributed by atoms with E-state index < -0.39 is 0 Å². The molecule has 6 nitrogen and oxygen atoms in total. The molecule has 1 aromatic carbocycles. The predicted molar refractivity (Wildman–Crippen MR) is 89.1 cm³/mol. The number of carbonyl (C=O) groups excluding carboxylic acids is 1. The number of anilines is 1. The number of nitrogens with one attached hydrogen (secondary N) is 1. The van der Waals surface area contributed by atoms with Gasteiger partial charge in [0.15, 0.2) is 0 Å². The molecule has 7 heteroatoms. The Morgan fingerprint density at radius 1 is 1.39 bits per heavy atom. The summed E-state index contributed by atoms with van der Waals surface area (Å²) >= 11 is 1.40. The number of benzene rings is 1. The Morgan fingerprint density at radius 2 is 2.22 bits per heavy atom. The average molecular weight is 331 g/mol. The van der Waals surface area contributed by atoms with Crippen molar-refractivity contribution in [3.8, 4) is 5.75 Å². The first-order valence-electron chi connectivity index (χ1n) is 7.24. The second kappa shape index (κ2) is 6.37. The molecular formula is C16H17N3O3S. The predicted octanol–water partition coefficient (Wildman–Crippen LogP) is 3.60. The third kappa shape index (κ3) is 3.34. The highest BCUT2D eigenvalue weighted by Gasteiger charge is 2.14. The summed E-state index contributed by atoms with van der Waals surface area (Å²) in [6, 6.07) is 5.54. The van der Waals surface area contributed by atoms with Gasteiger partial charge in [-0.15, -0.1) is 10.2 Å². The van der Waals surface area contributed by atoms with Crippen LogP contribution in [0.4, 0.5) is 5.13 Å². The van der Waals surface area contributed by atoms with Gasteiger partial charge in [-0.2, -0.15) is 0 Å². The monoisotopic (exact) mass is 331 g/mol. The molecule has 0 radical (unpaired) electrons. The first-order chi connectivity index (χ1) is 11.1. The number of nitrogens with zero attached hydrogens (tertiary/aromatic N) is 2. The minimum atomic E-state index is -0.144. The number of hydrogen-bond donors (Lipinski definition) is 1. The van der Waals surface area contributed by atoms with Gasteiger partial charge in [0.1, 0.15) is 16.3 Å². The van der Waals surface area contributed by atoms with E-state index in [-0.39, 0.29) is 12.3 Å². The Kier molecular flexibility index (Phi) is 4.29. The molecule has 0 aliphatic carbocycles. The summed E-state index contributed by atoms with van der Waals surface area (Å²) in [5.41, 5.74) is 1.53. The van der Waals surface area contributed by atoms with E-state index in [1.165, 1.54) is 11.3 Å². The molecule has 23 heavy (non-hydrogen) atoms. The number of amides is 1. The average Bonchev–Trinajstić information content (AvgIpc) is 3.14. The lowest BCUT2D eigenvalue weighted by Gasteiger charge is -2.01. The first kappa shape index (κ1) is 15.5. The van der Waals surface area contributed by atoms with Gasteiger partial charge in [0.2, 0.25) is 11.0 Å². The van der Waals surface area contributed by atoms with Crippen LogP contribution in [-0.2, 0) is 11.2 Å². The van der Waals surface area contributed by atoms with Crippen molar-refractivity contribution in [1.82, 2.24) is 10.2 Å². The van der Waals surface area contributed by atoms with Gasteiger partial charge in [-0.1, -0.05) is 25.2 Å². The molecule has 2 heterocycles. The van der Waals surface area contributed by atoms with Crippen LogP contribution in [0.1, 0.15) is 30.3 Å². The highest BCUT2D eigenvalue weighted by atomic mass is 32.1. The third-order valence-electron chi connectivity index (χ3n) is 3.39. The number of methoxy groups -OCH3 is 1. The molecule has 0 unspecified atom stereocenters. The smallest absolute Gasteiger partial charge is 0.230 e. The zero-order valence-electron chi connectivity index (χ0n) is 13.1. The minimum absolute atomic E-state index is 0.144. The van der Waals surface area contributed by atoms with Crippen molar-refractivity contribution < 1.29 is 13.9 Å². The van der Waals surface area contributed by atoms with Crippen LogP contribution in [0.3, 0.4) is 0 Å². The fourth-order valence-corrected chi connectivity index (χ4v) is 2.94. The van der Waals surface area contributed by atoms with E-state index in [2.05, 4.69) is 15.5 Å². The minimum Gasteiger partial charge on any atom is -0.497 e. The maximum absolute atomic E-state index is 12.2. The van der Waals surface area contributed by atoms with Crippen LogP contribution in [0.15, 0.2) is 28.9 Å². The molecule has 3 aromatic rings. The Balaban J connectivity index is 1.72. The van der Waals surface area contributed by atoms with E-state index in [0.717, 1.165) is 21.7 Å². The lowest BCUT2D eigenvalue weighted by molar-refractivity contribution is -0.115. The molecule has 3 rings (SSSR count). The summed E-state index contributed by atoms with van der Waals surface area (Å²) in [5, 5.41) is 13.2. The van der Waals surface area contributed by atoms with E-state index in [4.69, 9.17) is 9.15 Å². The summed E-state index contributed by atoms with van der Waals surface area (Å²) in [6.07, 6.45) is 1.82. The fourth-order valence-electron chi connectivity index (χ4n) is 2.18. The van der Waals surface area contributed by atoms with Gasteiger partial charge in [0, 0.05) is 22.9 Å². The molecular weight excluding hydrogens is 314 g/mol. The van der Waals surface area contributed by atoms with Gasteiger partial charge < -0.3 is 14.5 Å². The van der Waals surface area contributed by atoms with E-state index in [1.807, 2.05) is 26.0 Å². The zero-order chi connectivity index (χ0) is 16.4. The Labute approximate surface area is 137 Å². The molecule has 2 aromatic heterocycles. The quantitative estimate of drug-likeness (QED) is 0.773. The number of aromatic nitrogens is 2. The Morgan fingerprint density at radius 3 is 2.91 bits per heavy atom. The van der Waals surface area contributed by atoms with Gasteiger partial charge in [-0.3, -0.25) is 4.79 Å². The van der Waals surface area contributed by atoms with Crippen LogP contribution in [0, 0.1) is 0 Å². The molecule has 0 atom stereocenters. The van der Waals surface area contributed by atoms with E-state index in [1.54, 1.807) is 19.4 Å². The van der Waals surface area contributed by atoms with Crippen LogP contribution in [0.25, 0.3) is 11.0 Å². The van der Waals surface area contributed by atoms with Crippen LogP contribution < -0.4 is 10.1 Å². The van der Waals surface area contributed by atoms with Crippen molar-refractivity contribution >= 4 is 33.3 Å². The molecule has 1 N–H and O–H groups in total. The number of furan rings is 1. The molecule has 0 saturated carbocycles. The fraction of sp³-hybridized carbons (Fsp3) is 0.312. The molecule has 0 saturated heterocycles. The maximum Gasteiger partial charge on any atom is 0.230 e. The summed E-state index contributed by atoms with van der Waals surface area (Å²) in [6.45, 7) is 4.08. The van der Waals surface area contributed by atoms with Crippen molar-refractivity contribution in [2.45, 2.75) is 26.2 Å². The maximum atomic E-state index is 12.2. The van der Waals surface area contributed by atoms with Crippen molar-refractivity contribution in [1.29, 1.82) is 0 Å². The van der Waals surface area contributed by atoms with Gasteiger partial charge >= 0.3 is 0 Å². The van der Waals surface area contributed by atoms with Crippen molar-refractivity contribution in [3.05, 3.63) is 35.0 Å². The topological polar surface area (TPSA) is 77.2 Å². The molecule has 0 spiro atoms. The number of carbonyl (C=O) groups is 1. The Bertz CT molecular complexity index is 838. The van der Waals surface area contributed by atoms with Gasteiger partial charge in [-0.05, 0) is 12.1 Å². The van der Waals surface area contributed by atoms with Crippen LogP contribution >= 0.6 is 11.3 Å². The standard InChI is InChI=1S/C16H17N3O3S/c1-9(2)15-18-19-16(23-15)17-14(20)6-10-8-22-13-7-11(21-3)4-5-12(10)13/h4-5,7-9H,6H2,1-3H3,(H,17,19,20). The van der Waals surface area contributed by atoms with Gasteiger partial charge in [-0.25, -0.2) is 0 Å². The summed E-state index contributed by atoms with van der Waals surface area (Å²) in [4.78, 5) is 12.2. The number of ether oxygens (including phenoxy) is 1. The normalized spacial score (nSPS) is 11.1. The summed E-state index contributed by atoms with van der Waals surface area (Å²) < 4.78 is 10.7. The van der Waals surface area contributed by atoms with Crippen molar-refractivity contribution in [3.63, 3.8) is 0 Å². The lowest BCUT2D eigenvalue weighted by Crippen LogP contribution is -2.13. The molecule has 120 valence electrons. The molecule has 0 aliphatic heterocycles. The second-order valence-electron chi connectivity index (χ2n) is 5.45. The number of fused-ring (bicyclic) bond motifs is 1. The SMILES string of the molecule is COc1ccc2c(CC(=O)Nc3nnc(C(C)C)s3)coc2c1. The van der Waals surface area contributed by atoms with E-state index >= 15 is 0 Å². The highest BCUT2D eigenvalue weighted by Crippen LogP contribution is 2.26. The molecule has 0 aliphatic rings. The highest BCUT2D eigenvalue weighted by molar-refractivity contribution is 7.15. The molecule has 0 bridgehead atoms. The van der Waals surface area contributed by atoms with Crippen molar-refractivity contribution in [2.75, 3.05) is 12.4 Å². The zero-order valence-corrected chi connectivity index (χ0v) is 13.9. The largest absolute Gasteiger partial charge is 0.497 e. The van der Waals surface area contributed by atoms with Crippen LogP contribution in [0.2, 0.25) is 0 Å². The van der Waals surface area contributed by atoms with E-state index in [9.17, 15) is 4.79 Å². The van der Waals surface area contributed by atoms with Gasteiger partial charge in [0.05, 0.1) is 19.8 Å².